The van der Waals surface area contributed by atoms with Crippen molar-refractivity contribution in [3.63, 3.8) is 0 Å². The molecule has 0 unspecified atom stereocenters. The Labute approximate surface area is 99.3 Å². The molecule has 0 aromatic heterocycles. The largest absolute Gasteiger partial charge is 0.466 e. The number of hydrogen-bond acceptors (Lipinski definition) is 3. The van der Waals surface area contributed by atoms with Gasteiger partial charge in [0.2, 0.25) is 0 Å². The molecule has 0 atom stereocenters. The first-order chi connectivity index (χ1) is 7.22. The monoisotopic (exact) mass is 227 g/mol. The van der Waals surface area contributed by atoms with Crippen LogP contribution in [0.15, 0.2) is 12.7 Å². The van der Waals surface area contributed by atoms with Gasteiger partial charge in [0, 0.05) is 17.2 Å². The van der Waals surface area contributed by atoms with E-state index in [1.54, 1.807) is 0 Å². The predicted molar refractivity (Wildman–Crippen MR) is 67.4 cm³/mol. The maximum Gasteiger partial charge on any atom is 0.329 e. The Hall–Kier alpha value is -0.830. The number of esters is 1. The highest BCUT2D eigenvalue weighted by Gasteiger charge is 2.31. The quantitative estimate of drug-likeness (QED) is 0.553. The first kappa shape index (κ1) is 15.2. The second-order valence-electron chi connectivity index (χ2n) is 5.47. The third-order valence-corrected chi connectivity index (χ3v) is 2.65. The molecule has 3 heteroatoms. The lowest BCUT2D eigenvalue weighted by atomic mass is 9.83. The molecule has 0 radical (unpaired) electrons. The lowest BCUT2D eigenvalue weighted by molar-refractivity contribution is -0.134. The summed E-state index contributed by atoms with van der Waals surface area (Å²) in [5.41, 5.74) is 0.726. The van der Waals surface area contributed by atoms with Crippen LogP contribution in [-0.4, -0.2) is 24.2 Å². The minimum Gasteiger partial charge on any atom is -0.466 e. The molecule has 1 aliphatic heterocycles. The zero-order valence-electron chi connectivity index (χ0n) is 11.2. The summed E-state index contributed by atoms with van der Waals surface area (Å²) in [6.45, 7) is 12.3. The number of carbonyl (C=O) groups is 1. The molecule has 0 aromatic carbocycles. The Morgan fingerprint density at radius 3 is 1.81 bits per heavy atom. The van der Waals surface area contributed by atoms with E-state index in [1.807, 2.05) is 0 Å². The van der Waals surface area contributed by atoms with Crippen LogP contribution in [0.2, 0.25) is 0 Å². The number of nitrogens with one attached hydrogen (secondary N) is 1. The minimum absolute atomic E-state index is 0.363. The summed E-state index contributed by atoms with van der Waals surface area (Å²) in [5.74, 6) is -0.394. The van der Waals surface area contributed by atoms with Crippen molar-refractivity contribution >= 4 is 5.97 Å². The Kier molecular flexibility index (Phi) is 5.73. The first-order valence-corrected chi connectivity index (χ1v) is 5.72. The van der Waals surface area contributed by atoms with Crippen LogP contribution in [-0.2, 0) is 9.53 Å². The van der Waals surface area contributed by atoms with Crippen LogP contribution in [0.3, 0.4) is 0 Å². The number of ether oxygens (including phenoxy) is 1. The number of piperidine rings is 1. The maximum absolute atomic E-state index is 9.84. The molecule has 0 saturated carbocycles. The number of carbonyl (C=O) groups excluding carboxylic acids is 1. The van der Waals surface area contributed by atoms with Crippen molar-refractivity contribution < 1.29 is 9.53 Å². The fraction of sp³-hybridized carbons (Fsp3) is 0.769. The fourth-order valence-corrected chi connectivity index (χ4v) is 2.10. The van der Waals surface area contributed by atoms with Gasteiger partial charge in [0.1, 0.15) is 0 Å². The van der Waals surface area contributed by atoms with Gasteiger partial charge in [0.05, 0.1) is 7.11 Å². The molecule has 94 valence electrons. The summed E-state index contributed by atoms with van der Waals surface area (Å²) in [6, 6.07) is 0. The molecule has 0 aromatic rings. The van der Waals surface area contributed by atoms with Crippen LogP contribution >= 0.6 is 0 Å². The molecular formula is C13H25NO2. The molecule has 1 rings (SSSR count). The number of hydrogen-bond donors (Lipinski definition) is 1. The summed E-state index contributed by atoms with van der Waals surface area (Å²) in [6.07, 6.45) is 5.11. The lowest BCUT2D eigenvalue weighted by Gasteiger charge is -2.42. The van der Waals surface area contributed by atoms with E-state index >= 15 is 0 Å². The van der Waals surface area contributed by atoms with Crippen LogP contribution in [0.4, 0.5) is 0 Å². The molecule has 1 saturated heterocycles. The highest BCUT2D eigenvalue weighted by Crippen LogP contribution is 2.27. The summed E-state index contributed by atoms with van der Waals surface area (Å²) >= 11 is 0. The van der Waals surface area contributed by atoms with E-state index in [0.717, 1.165) is 6.08 Å². The number of methoxy groups -OCH3 is 1. The molecule has 1 N–H and O–H groups in total. The molecule has 0 aliphatic carbocycles. The number of rotatable bonds is 1. The van der Waals surface area contributed by atoms with Crippen LogP contribution in [0.1, 0.15) is 47.0 Å². The fourth-order valence-electron chi connectivity index (χ4n) is 2.10. The molecule has 1 heterocycles. The molecule has 1 fully saturated rings. The van der Waals surface area contributed by atoms with Crippen molar-refractivity contribution in [2.24, 2.45) is 0 Å². The Balaban J connectivity index is 0.000000325. The SMILES string of the molecule is C=CC(=O)OC.CC1(C)CCCC(C)(C)N1. The molecule has 0 bridgehead atoms. The molecule has 3 nitrogen and oxygen atoms in total. The minimum atomic E-state index is -0.394. The summed E-state index contributed by atoms with van der Waals surface area (Å²) < 4.78 is 4.14. The van der Waals surface area contributed by atoms with E-state index in [4.69, 9.17) is 0 Å². The van der Waals surface area contributed by atoms with Crippen molar-refractivity contribution in [2.75, 3.05) is 7.11 Å². The lowest BCUT2D eigenvalue weighted by Crippen LogP contribution is -2.55. The highest BCUT2D eigenvalue weighted by molar-refractivity contribution is 5.80. The second kappa shape index (κ2) is 6.04. The normalized spacial score (nSPS) is 21.3. The topological polar surface area (TPSA) is 38.3 Å². The molecule has 0 amide bonds. The average molecular weight is 227 g/mol. The Morgan fingerprint density at radius 1 is 1.25 bits per heavy atom. The summed E-state index contributed by atoms with van der Waals surface area (Å²) in [7, 11) is 1.31. The van der Waals surface area contributed by atoms with Crippen molar-refractivity contribution in [1.29, 1.82) is 0 Å². The van der Waals surface area contributed by atoms with Crippen LogP contribution in [0, 0.1) is 0 Å². The van der Waals surface area contributed by atoms with E-state index in [0.29, 0.717) is 11.1 Å². The van der Waals surface area contributed by atoms with Crippen molar-refractivity contribution in [2.45, 2.75) is 58.0 Å². The van der Waals surface area contributed by atoms with Gasteiger partial charge in [-0.3, -0.25) is 0 Å². The molecule has 1 aliphatic rings. The summed E-state index contributed by atoms with van der Waals surface area (Å²) in [5, 5.41) is 3.63. The van der Waals surface area contributed by atoms with E-state index in [-0.39, 0.29) is 0 Å². The van der Waals surface area contributed by atoms with Crippen molar-refractivity contribution in [1.82, 2.24) is 5.32 Å². The zero-order valence-corrected chi connectivity index (χ0v) is 11.2. The average Bonchev–Trinajstić information content (AvgIpc) is 2.14. The Bertz CT molecular complexity index is 230. The zero-order chi connectivity index (χ0) is 12.8. The second-order valence-corrected chi connectivity index (χ2v) is 5.47. The van der Waals surface area contributed by atoms with E-state index < -0.39 is 5.97 Å². The first-order valence-electron chi connectivity index (χ1n) is 5.72. The molecular weight excluding hydrogens is 202 g/mol. The smallest absolute Gasteiger partial charge is 0.329 e. The van der Waals surface area contributed by atoms with Gasteiger partial charge >= 0.3 is 5.97 Å². The van der Waals surface area contributed by atoms with E-state index in [2.05, 4.69) is 44.3 Å². The van der Waals surface area contributed by atoms with Crippen LogP contribution < -0.4 is 5.32 Å². The van der Waals surface area contributed by atoms with E-state index in [9.17, 15) is 4.79 Å². The van der Waals surface area contributed by atoms with Gasteiger partial charge < -0.3 is 10.1 Å². The maximum atomic E-state index is 9.84. The standard InChI is InChI=1S/C9H19N.C4H6O2/c1-8(2)6-5-7-9(3,4)10-8;1-3-4(5)6-2/h10H,5-7H2,1-4H3;3H,1H2,2H3. The van der Waals surface area contributed by atoms with Gasteiger partial charge in [-0.1, -0.05) is 6.58 Å². The van der Waals surface area contributed by atoms with Crippen molar-refractivity contribution in [3.8, 4) is 0 Å². The van der Waals surface area contributed by atoms with Crippen LogP contribution in [0.25, 0.3) is 0 Å². The van der Waals surface area contributed by atoms with Crippen LogP contribution in [0.5, 0.6) is 0 Å². The third kappa shape index (κ3) is 6.62. The Morgan fingerprint density at radius 2 is 1.69 bits per heavy atom. The van der Waals surface area contributed by atoms with Crippen molar-refractivity contribution in [3.05, 3.63) is 12.7 Å². The van der Waals surface area contributed by atoms with Gasteiger partial charge in [0.15, 0.2) is 0 Å². The highest BCUT2D eigenvalue weighted by atomic mass is 16.5. The molecule has 16 heavy (non-hydrogen) atoms. The van der Waals surface area contributed by atoms with Gasteiger partial charge in [-0.25, -0.2) is 4.79 Å². The van der Waals surface area contributed by atoms with E-state index in [1.165, 1.54) is 26.4 Å². The third-order valence-electron chi connectivity index (χ3n) is 2.65. The van der Waals surface area contributed by atoms with Gasteiger partial charge in [-0.15, -0.1) is 0 Å². The van der Waals surface area contributed by atoms with Gasteiger partial charge in [0.25, 0.3) is 0 Å². The molecule has 0 spiro atoms. The van der Waals surface area contributed by atoms with Gasteiger partial charge in [-0.05, 0) is 47.0 Å². The predicted octanol–water partition coefficient (Wildman–Crippen LogP) is 2.66. The van der Waals surface area contributed by atoms with Gasteiger partial charge in [-0.2, -0.15) is 0 Å². The summed E-state index contributed by atoms with van der Waals surface area (Å²) in [4.78, 5) is 9.84.